The molecule has 0 fully saturated rings. The number of nitrogens with one attached hydrogen (secondary N) is 1. The summed E-state index contributed by atoms with van der Waals surface area (Å²) < 4.78 is 7.12. The highest BCUT2D eigenvalue weighted by molar-refractivity contribution is 6.01. The summed E-state index contributed by atoms with van der Waals surface area (Å²) >= 11 is 0. The lowest BCUT2D eigenvalue weighted by molar-refractivity contribution is -0.118. The Labute approximate surface area is 129 Å². The van der Waals surface area contributed by atoms with Crippen molar-refractivity contribution in [2.45, 2.75) is 26.8 Å². The number of rotatable bonds is 6. The molecule has 1 heterocycles. The Kier molecular flexibility index (Phi) is 4.70. The zero-order chi connectivity index (χ0) is 16.3. The average Bonchev–Trinajstić information content (AvgIpc) is 2.80. The molecule has 2 rings (SSSR count). The summed E-state index contributed by atoms with van der Waals surface area (Å²) in [4.78, 5) is 23.0. The second-order valence-electron chi connectivity index (χ2n) is 5.06. The van der Waals surface area contributed by atoms with E-state index in [-0.39, 0.29) is 5.91 Å². The first-order chi connectivity index (χ1) is 10.5. The van der Waals surface area contributed by atoms with Gasteiger partial charge in [-0.05, 0) is 24.1 Å². The van der Waals surface area contributed by atoms with E-state index in [1.807, 2.05) is 29.7 Å². The minimum absolute atomic E-state index is 0.106. The van der Waals surface area contributed by atoms with Gasteiger partial charge in [0.25, 0.3) is 5.91 Å². The van der Waals surface area contributed by atoms with Gasteiger partial charge in [0.05, 0.1) is 12.6 Å². The molecule has 3 N–H and O–H groups in total. The summed E-state index contributed by atoms with van der Waals surface area (Å²) in [5.41, 5.74) is 7.88. The third-order valence-electron chi connectivity index (χ3n) is 3.67. The molecule has 0 bridgehead atoms. The van der Waals surface area contributed by atoms with Gasteiger partial charge in [0.1, 0.15) is 11.4 Å². The van der Waals surface area contributed by atoms with Gasteiger partial charge >= 0.3 is 0 Å². The Bertz CT molecular complexity index is 719. The fourth-order valence-electron chi connectivity index (χ4n) is 2.74. The Morgan fingerprint density at radius 3 is 2.64 bits per heavy atom. The van der Waals surface area contributed by atoms with Gasteiger partial charge in [-0.1, -0.05) is 6.92 Å². The highest BCUT2D eigenvalue weighted by Crippen LogP contribution is 2.29. The molecule has 2 aromatic rings. The molecule has 0 radical (unpaired) electrons. The van der Waals surface area contributed by atoms with E-state index in [2.05, 4.69) is 5.32 Å². The van der Waals surface area contributed by atoms with Crippen LogP contribution in [0.1, 0.15) is 29.9 Å². The van der Waals surface area contributed by atoms with E-state index < -0.39 is 5.91 Å². The number of nitrogens with zero attached hydrogens (tertiary/aromatic N) is 1. The standard InChI is InChI=1S/C16H21N3O3/c1-4-12-13-6-5-11(22-3)9-14(13)19(15(12)16(17)21)8-7-18-10(2)20/h5-6,9H,4,7-8H2,1-3H3,(H2,17,21)(H,18,20). The lowest BCUT2D eigenvalue weighted by Gasteiger charge is -2.10. The van der Waals surface area contributed by atoms with Gasteiger partial charge < -0.3 is 20.4 Å². The number of benzene rings is 1. The molecule has 118 valence electrons. The fourth-order valence-corrected chi connectivity index (χ4v) is 2.74. The van der Waals surface area contributed by atoms with Crippen LogP contribution in [-0.2, 0) is 17.8 Å². The highest BCUT2D eigenvalue weighted by atomic mass is 16.5. The van der Waals surface area contributed by atoms with Crippen molar-refractivity contribution in [2.75, 3.05) is 13.7 Å². The molecule has 2 amide bonds. The molecular weight excluding hydrogens is 282 g/mol. The molecular formula is C16H21N3O3. The summed E-state index contributed by atoms with van der Waals surface area (Å²) in [6, 6.07) is 5.69. The number of hydrogen-bond donors (Lipinski definition) is 2. The van der Waals surface area contributed by atoms with Crippen LogP contribution in [0, 0.1) is 0 Å². The summed E-state index contributed by atoms with van der Waals surface area (Å²) in [6.45, 7) is 4.36. The highest BCUT2D eigenvalue weighted by Gasteiger charge is 2.20. The molecule has 0 atom stereocenters. The van der Waals surface area contributed by atoms with Gasteiger partial charge in [-0.2, -0.15) is 0 Å². The van der Waals surface area contributed by atoms with E-state index in [1.54, 1.807) is 7.11 Å². The number of aromatic nitrogens is 1. The molecule has 1 aromatic heterocycles. The minimum atomic E-state index is -0.463. The summed E-state index contributed by atoms with van der Waals surface area (Å²) in [7, 11) is 1.60. The van der Waals surface area contributed by atoms with E-state index in [0.29, 0.717) is 31.0 Å². The largest absolute Gasteiger partial charge is 0.497 e. The molecule has 0 aliphatic heterocycles. The van der Waals surface area contributed by atoms with Crippen LogP contribution in [0.3, 0.4) is 0 Å². The summed E-state index contributed by atoms with van der Waals surface area (Å²) in [5.74, 6) is 0.143. The fraction of sp³-hybridized carbons (Fsp3) is 0.375. The topological polar surface area (TPSA) is 86.4 Å². The first-order valence-corrected chi connectivity index (χ1v) is 7.22. The Hall–Kier alpha value is -2.50. The zero-order valence-electron chi connectivity index (χ0n) is 13.1. The lowest BCUT2D eigenvalue weighted by atomic mass is 10.1. The van der Waals surface area contributed by atoms with Crippen LogP contribution in [0.15, 0.2) is 18.2 Å². The maximum atomic E-state index is 11.9. The first-order valence-electron chi connectivity index (χ1n) is 7.22. The van der Waals surface area contributed by atoms with Crippen molar-refractivity contribution in [3.05, 3.63) is 29.5 Å². The average molecular weight is 303 g/mol. The van der Waals surface area contributed by atoms with Gasteiger partial charge in [0.15, 0.2) is 0 Å². The monoisotopic (exact) mass is 303 g/mol. The van der Waals surface area contributed by atoms with Crippen molar-refractivity contribution in [3.63, 3.8) is 0 Å². The first kappa shape index (κ1) is 15.9. The molecule has 0 aliphatic carbocycles. The van der Waals surface area contributed by atoms with Gasteiger partial charge in [0.2, 0.25) is 5.91 Å². The molecule has 6 heteroatoms. The van der Waals surface area contributed by atoms with E-state index >= 15 is 0 Å². The van der Waals surface area contributed by atoms with Crippen molar-refractivity contribution in [2.24, 2.45) is 5.73 Å². The Balaban J connectivity index is 2.59. The van der Waals surface area contributed by atoms with Crippen LogP contribution in [0.25, 0.3) is 10.9 Å². The van der Waals surface area contributed by atoms with Crippen LogP contribution in [0.5, 0.6) is 5.75 Å². The van der Waals surface area contributed by atoms with Crippen LogP contribution in [0.2, 0.25) is 0 Å². The second kappa shape index (κ2) is 6.51. The number of ether oxygens (including phenoxy) is 1. The predicted molar refractivity (Wildman–Crippen MR) is 85.1 cm³/mol. The van der Waals surface area contributed by atoms with E-state index in [1.165, 1.54) is 6.92 Å². The molecule has 6 nitrogen and oxygen atoms in total. The number of methoxy groups -OCH3 is 1. The summed E-state index contributed by atoms with van der Waals surface area (Å²) in [5, 5.41) is 3.72. The van der Waals surface area contributed by atoms with Crippen molar-refractivity contribution in [3.8, 4) is 5.75 Å². The smallest absolute Gasteiger partial charge is 0.265 e. The van der Waals surface area contributed by atoms with Gasteiger partial charge in [-0.3, -0.25) is 9.59 Å². The maximum absolute atomic E-state index is 11.9. The van der Waals surface area contributed by atoms with Crippen molar-refractivity contribution in [1.29, 1.82) is 0 Å². The number of hydrogen-bond acceptors (Lipinski definition) is 3. The Morgan fingerprint density at radius 2 is 2.09 bits per heavy atom. The molecule has 22 heavy (non-hydrogen) atoms. The number of carbonyl (C=O) groups excluding carboxylic acids is 2. The summed E-state index contributed by atoms with van der Waals surface area (Å²) in [6.07, 6.45) is 0.703. The normalized spacial score (nSPS) is 10.7. The van der Waals surface area contributed by atoms with E-state index in [9.17, 15) is 9.59 Å². The van der Waals surface area contributed by atoms with E-state index in [0.717, 1.165) is 16.5 Å². The predicted octanol–water partition coefficient (Wildman–Crippen LogP) is 1.45. The lowest BCUT2D eigenvalue weighted by Crippen LogP contribution is -2.27. The van der Waals surface area contributed by atoms with Gasteiger partial charge in [0, 0.05) is 31.5 Å². The van der Waals surface area contributed by atoms with Crippen LogP contribution < -0.4 is 15.8 Å². The zero-order valence-corrected chi connectivity index (χ0v) is 13.1. The molecule has 0 aliphatic rings. The quantitative estimate of drug-likeness (QED) is 0.846. The van der Waals surface area contributed by atoms with Gasteiger partial charge in [-0.25, -0.2) is 0 Å². The molecule has 0 spiro atoms. The third-order valence-corrected chi connectivity index (χ3v) is 3.67. The van der Waals surface area contributed by atoms with Crippen LogP contribution in [0.4, 0.5) is 0 Å². The second-order valence-corrected chi connectivity index (χ2v) is 5.06. The minimum Gasteiger partial charge on any atom is -0.497 e. The van der Waals surface area contributed by atoms with Crippen molar-refractivity contribution in [1.82, 2.24) is 9.88 Å². The number of primary amides is 1. The van der Waals surface area contributed by atoms with Crippen LogP contribution >= 0.6 is 0 Å². The number of fused-ring (bicyclic) bond motifs is 1. The molecule has 0 saturated carbocycles. The third kappa shape index (κ3) is 2.90. The molecule has 0 unspecified atom stereocenters. The number of nitrogens with two attached hydrogens (primary N) is 1. The van der Waals surface area contributed by atoms with Crippen molar-refractivity contribution >= 4 is 22.7 Å². The Morgan fingerprint density at radius 1 is 1.36 bits per heavy atom. The number of aryl methyl sites for hydroxylation is 1. The number of amides is 2. The molecule has 0 saturated heterocycles. The SMILES string of the molecule is CCc1c(C(N)=O)n(CCNC(C)=O)c2cc(OC)ccc12. The van der Waals surface area contributed by atoms with Gasteiger partial charge in [-0.15, -0.1) is 0 Å². The van der Waals surface area contributed by atoms with Crippen LogP contribution in [-0.4, -0.2) is 30.0 Å². The number of carbonyl (C=O) groups is 2. The maximum Gasteiger partial charge on any atom is 0.265 e. The van der Waals surface area contributed by atoms with Crippen molar-refractivity contribution < 1.29 is 14.3 Å². The van der Waals surface area contributed by atoms with E-state index in [4.69, 9.17) is 10.5 Å². The molecule has 1 aromatic carbocycles.